The Balaban J connectivity index is 3.65. The van der Waals surface area contributed by atoms with Crippen molar-refractivity contribution in [2.24, 2.45) is 0 Å². The predicted octanol–water partition coefficient (Wildman–Crippen LogP) is 3.79. The predicted molar refractivity (Wildman–Crippen MR) is 62.9 cm³/mol. The van der Waals surface area contributed by atoms with E-state index < -0.39 is 21.2 Å². The van der Waals surface area contributed by atoms with Crippen LogP contribution in [0.2, 0.25) is 0 Å². The summed E-state index contributed by atoms with van der Waals surface area (Å²) in [7, 11) is 0. The van der Waals surface area contributed by atoms with Gasteiger partial charge >= 0.3 is 11.4 Å². The van der Waals surface area contributed by atoms with E-state index in [0.717, 1.165) is 6.07 Å². The Bertz CT molecular complexity index is 462. The molecule has 0 aliphatic rings. The number of rotatable bonds is 2. The molecule has 1 aromatic rings. The van der Waals surface area contributed by atoms with Gasteiger partial charge in [-0.1, -0.05) is 0 Å². The molecule has 0 N–H and O–H groups in total. The van der Waals surface area contributed by atoms with Crippen LogP contribution < -0.4 is 0 Å². The summed E-state index contributed by atoms with van der Waals surface area (Å²) in [5, 5.41) is 21.2. The summed E-state index contributed by atoms with van der Waals surface area (Å²) in [6.07, 6.45) is 0. The topological polar surface area (TPSA) is 86.3 Å². The Morgan fingerprint density at radius 2 is 1.53 bits per heavy atom. The third-order valence-corrected chi connectivity index (χ3v) is 4.78. The second-order valence-corrected chi connectivity index (χ2v) is 4.81. The Morgan fingerprint density at radius 1 is 1.00 bits per heavy atom. The highest BCUT2D eigenvalue weighted by atomic mass is 79.9. The summed E-state index contributed by atoms with van der Waals surface area (Å²) in [5.74, 6) is 0. The second-order valence-electron chi connectivity index (χ2n) is 2.37. The first kappa shape index (κ1) is 12.5. The molecule has 1 aromatic carbocycles. The van der Waals surface area contributed by atoms with E-state index in [-0.39, 0.29) is 4.47 Å². The first-order valence-corrected chi connectivity index (χ1v) is 5.70. The summed E-state index contributed by atoms with van der Waals surface area (Å²) >= 11 is 9.03. The number of halogens is 3. The lowest BCUT2D eigenvalue weighted by molar-refractivity contribution is -0.423. The van der Waals surface area contributed by atoms with Gasteiger partial charge in [0.15, 0.2) is 0 Å². The maximum atomic E-state index is 10.6. The maximum Gasteiger partial charge on any atom is 0.361 e. The number of nitro benzene ring substituents is 2. The third kappa shape index (κ3) is 2.34. The average molecular weight is 405 g/mol. The molecule has 0 saturated heterocycles. The zero-order chi connectivity index (χ0) is 11.7. The van der Waals surface area contributed by atoms with E-state index in [9.17, 15) is 20.2 Å². The quantitative estimate of drug-likeness (QED) is 0.426. The number of nitrogens with zero attached hydrogens (tertiary/aromatic N) is 2. The summed E-state index contributed by atoms with van der Waals surface area (Å²) in [6.45, 7) is 0. The Morgan fingerprint density at radius 3 is 1.93 bits per heavy atom. The molecular weight excluding hydrogens is 404 g/mol. The molecule has 9 heteroatoms. The number of hydrogen-bond donors (Lipinski definition) is 0. The van der Waals surface area contributed by atoms with Crippen LogP contribution in [0.25, 0.3) is 0 Å². The second kappa shape index (κ2) is 4.54. The molecule has 0 aliphatic carbocycles. The molecule has 0 aromatic heterocycles. The summed E-state index contributed by atoms with van der Waals surface area (Å²) in [5.41, 5.74) is -1.14. The summed E-state index contributed by atoms with van der Waals surface area (Å²) in [6, 6.07) is 1.08. The van der Waals surface area contributed by atoms with Gasteiger partial charge in [0.1, 0.15) is 4.47 Å². The minimum atomic E-state index is -0.806. The Kier molecular flexibility index (Phi) is 3.79. The molecule has 0 bridgehead atoms. The average Bonchev–Trinajstić information content (AvgIpc) is 2.12. The molecule has 0 heterocycles. The molecule has 0 saturated carbocycles. The van der Waals surface area contributed by atoms with Gasteiger partial charge in [0.2, 0.25) is 0 Å². The van der Waals surface area contributed by atoms with Gasteiger partial charge in [-0.25, -0.2) is 0 Å². The van der Waals surface area contributed by atoms with Gasteiger partial charge in [0, 0.05) is 10.5 Å². The lowest BCUT2D eigenvalue weighted by Crippen LogP contribution is -1.98. The van der Waals surface area contributed by atoms with Crippen LogP contribution in [-0.2, 0) is 0 Å². The molecular formula is C6HBr3N2O4. The van der Waals surface area contributed by atoms with E-state index in [1.807, 2.05) is 0 Å². The van der Waals surface area contributed by atoms with Crippen molar-refractivity contribution in [2.45, 2.75) is 0 Å². The molecule has 0 amide bonds. The van der Waals surface area contributed by atoms with Crippen molar-refractivity contribution in [1.29, 1.82) is 0 Å². The van der Waals surface area contributed by atoms with Crippen molar-refractivity contribution in [2.75, 3.05) is 0 Å². The SMILES string of the molecule is O=[N+]([O-])c1cc(Br)c(Br)c(Br)c1[N+](=O)[O-]. The van der Waals surface area contributed by atoms with Crippen LogP contribution in [0.5, 0.6) is 0 Å². The van der Waals surface area contributed by atoms with Crippen molar-refractivity contribution in [3.8, 4) is 0 Å². The molecule has 6 nitrogen and oxygen atoms in total. The van der Waals surface area contributed by atoms with Crippen molar-refractivity contribution in [3.63, 3.8) is 0 Å². The normalized spacial score (nSPS) is 10.1. The fourth-order valence-corrected chi connectivity index (χ4v) is 2.43. The molecule has 1 rings (SSSR count). The van der Waals surface area contributed by atoms with E-state index in [4.69, 9.17) is 0 Å². The number of hydrogen-bond acceptors (Lipinski definition) is 4. The molecule has 0 atom stereocenters. The summed E-state index contributed by atoms with van der Waals surface area (Å²) < 4.78 is 0.764. The largest absolute Gasteiger partial charge is 0.361 e. The monoisotopic (exact) mass is 402 g/mol. The van der Waals surface area contributed by atoms with E-state index in [1.165, 1.54) is 0 Å². The Hall–Kier alpha value is -0.540. The van der Waals surface area contributed by atoms with Crippen LogP contribution >= 0.6 is 47.8 Å². The van der Waals surface area contributed by atoms with E-state index in [2.05, 4.69) is 47.8 Å². The molecule has 0 spiro atoms. The molecule has 80 valence electrons. The smallest absolute Gasteiger partial charge is 0.258 e. The first-order chi connectivity index (χ1) is 6.86. The fraction of sp³-hybridized carbons (Fsp3) is 0. The highest BCUT2D eigenvalue weighted by Crippen LogP contribution is 2.43. The minimum absolute atomic E-state index is 0.0357. The van der Waals surface area contributed by atoms with E-state index >= 15 is 0 Å². The van der Waals surface area contributed by atoms with E-state index in [0.29, 0.717) is 8.95 Å². The van der Waals surface area contributed by atoms with Crippen LogP contribution in [0, 0.1) is 20.2 Å². The molecule has 0 aliphatic heterocycles. The van der Waals surface area contributed by atoms with Crippen molar-refractivity contribution in [3.05, 3.63) is 39.7 Å². The first-order valence-electron chi connectivity index (χ1n) is 3.32. The molecule has 15 heavy (non-hydrogen) atoms. The standard InChI is InChI=1S/C6HBr3N2O4/c7-2-1-3(10(12)13)6(11(14)15)5(9)4(2)8/h1H. The highest BCUT2D eigenvalue weighted by molar-refractivity contribution is 9.14. The van der Waals surface area contributed by atoms with Gasteiger partial charge in [0.05, 0.1) is 14.3 Å². The van der Waals surface area contributed by atoms with Crippen LogP contribution in [0.4, 0.5) is 11.4 Å². The summed E-state index contributed by atoms with van der Waals surface area (Å²) in [4.78, 5) is 19.6. The van der Waals surface area contributed by atoms with Gasteiger partial charge in [-0.3, -0.25) is 20.2 Å². The zero-order valence-electron chi connectivity index (χ0n) is 6.74. The lowest BCUT2D eigenvalue weighted by Gasteiger charge is -2.01. The Labute approximate surface area is 108 Å². The van der Waals surface area contributed by atoms with Gasteiger partial charge in [0.25, 0.3) is 0 Å². The van der Waals surface area contributed by atoms with Crippen molar-refractivity contribution >= 4 is 59.2 Å². The van der Waals surface area contributed by atoms with E-state index in [1.54, 1.807) is 0 Å². The van der Waals surface area contributed by atoms with Crippen LogP contribution in [0.3, 0.4) is 0 Å². The molecule has 0 radical (unpaired) electrons. The highest BCUT2D eigenvalue weighted by Gasteiger charge is 2.30. The van der Waals surface area contributed by atoms with Gasteiger partial charge in [-0.05, 0) is 47.8 Å². The third-order valence-electron chi connectivity index (χ3n) is 1.50. The van der Waals surface area contributed by atoms with Gasteiger partial charge in [-0.15, -0.1) is 0 Å². The van der Waals surface area contributed by atoms with Crippen LogP contribution in [-0.4, -0.2) is 9.85 Å². The van der Waals surface area contributed by atoms with Crippen LogP contribution in [0.1, 0.15) is 0 Å². The fourth-order valence-electron chi connectivity index (χ4n) is 0.886. The van der Waals surface area contributed by atoms with Crippen LogP contribution in [0.15, 0.2) is 19.5 Å². The lowest BCUT2D eigenvalue weighted by atomic mass is 10.3. The molecule has 0 fully saturated rings. The number of benzene rings is 1. The van der Waals surface area contributed by atoms with Gasteiger partial charge in [-0.2, -0.15) is 0 Å². The van der Waals surface area contributed by atoms with Crippen molar-refractivity contribution in [1.82, 2.24) is 0 Å². The zero-order valence-corrected chi connectivity index (χ0v) is 11.5. The van der Waals surface area contributed by atoms with Gasteiger partial charge < -0.3 is 0 Å². The molecule has 0 unspecified atom stereocenters. The maximum absolute atomic E-state index is 10.6. The number of nitro groups is 2. The van der Waals surface area contributed by atoms with Crippen molar-refractivity contribution < 1.29 is 9.85 Å². The minimum Gasteiger partial charge on any atom is -0.258 e.